The third kappa shape index (κ3) is 28.8. The summed E-state index contributed by atoms with van der Waals surface area (Å²) in [7, 11) is 6.00. The van der Waals surface area contributed by atoms with Crippen molar-refractivity contribution in [3.05, 3.63) is 237 Å². The third-order valence-electron chi connectivity index (χ3n) is 20.6. The Labute approximate surface area is 720 Å². The number of methoxy groups -OCH3 is 4. The second kappa shape index (κ2) is 49.8. The maximum absolute atomic E-state index is 12.2. The summed E-state index contributed by atoms with van der Waals surface area (Å²) >= 11 is 0. The fourth-order valence-electron chi connectivity index (χ4n) is 13.6. The van der Waals surface area contributed by atoms with E-state index in [-0.39, 0.29) is 43.1 Å². The summed E-state index contributed by atoms with van der Waals surface area (Å²) in [4.78, 5) is 49.6. The molecule has 123 heavy (non-hydrogen) atoms. The second-order valence-electron chi connectivity index (χ2n) is 28.9. The van der Waals surface area contributed by atoms with Crippen LogP contribution < -0.4 is 49.7 Å². The van der Waals surface area contributed by atoms with Gasteiger partial charge in [0, 0.05) is 84.4 Å². The number of aromatic carboxylic acids is 2. The summed E-state index contributed by atoms with van der Waals surface area (Å²) in [5.41, 5.74) is 25.8. The number of nitro benzene ring substituents is 2. The van der Waals surface area contributed by atoms with Crippen LogP contribution in [0.2, 0.25) is 0 Å². The lowest BCUT2D eigenvalue weighted by Crippen LogP contribution is -2.28. The Hall–Kier alpha value is -13.7. The molecule has 0 aliphatic heterocycles. The fourth-order valence-corrected chi connectivity index (χ4v) is 13.6. The molecule has 28 nitrogen and oxygen atoms in total. The number of carbonyl (C=O) groups is 2. The predicted molar refractivity (Wildman–Crippen MR) is 487 cm³/mol. The Morgan fingerprint density at radius 3 is 0.911 bits per heavy atom. The van der Waals surface area contributed by atoms with Crippen molar-refractivity contribution in [3.63, 3.8) is 0 Å². The molecular weight excluding hydrogens is 1560 g/mol. The zero-order chi connectivity index (χ0) is 87.1. The Kier molecular flexibility index (Phi) is 38.4. The third-order valence-corrected chi connectivity index (χ3v) is 20.6. The summed E-state index contributed by atoms with van der Waals surface area (Å²) in [6.07, 6.45) is 21.8. The largest absolute Gasteiger partial charge is 0.494 e. The first-order valence-corrected chi connectivity index (χ1v) is 41.4. The number of unbranched alkanes of at least 4 members (excludes halogenated alkanes) is 14. The first-order valence-electron chi connectivity index (χ1n) is 41.4. The maximum atomic E-state index is 12.2. The number of azo groups is 4. The van der Waals surface area contributed by atoms with Gasteiger partial charge in [-0.3, -0.25) is 20.2 Å². The van der Waals surface area contributed by atoms with Gasteiger partial charge < -0.3 is 59.9 Å². The standard InChI is InChI=1S/2C47H55N7O7.CH4/c2*1-5-7-8-9-10-11-12-13-14-35-29-33(16-26-41(35)48)34-15-25-40(47(55)56)44(30-34)61-28-27-53(6-2)38-21-17-36(18-22-38)49-51-42-31-46(60-4)43(32-45(42)59-3)52-50-37-19-23-39(24-20-37)54(57)58;/h2*15-26,29-32H,5-14,27-28,48H2,1-4H3,(H,55,56);1H4. The molecule has 0 aliphatic rings. The van der Waals surface area contributed by atoms with E-state index in [9.17, 15) is 40.0 Å². The number of carboxylic acids is 2. The lowest BCUT2D eigenvalue weighted by atomic mass is 9.97. The molecule has 10 aromatic rings. The molecule has 0 heterocycles. The van der Waals surface area contributed by atoms with Gasteiger partial charge in [0.2, 0.25) is 0 Å². The van der Waals surface area contributed by atoms with Crippen molar-refractivity contribution in [1.82, 2.24) is 0 Å². The maximum Gasteiger partial charge on any atom is 0.339 e. The lowest BCUT2D eigenvalue weighted by molar-refractivity contribution is -0.385. The summed E-state index contributed by atoms with van der Waals surface area (Å²) in [6, 6.07) is 55.5. The molecular formula is C95H114N14O14. The topological polar surface area (TPSA) is 374 Å². The van der Waals surface area contributed by atoms with E-state index in [0.717, 1.165) is 81.8 Å². The molecule has 0 saturated carbocycles. The van der Waals surface area contributed by atoms with E-state index in [1.165, 1.54) is 167 Å². The minimum atomic E-state index is -1.05. The number of carboxylic acid groups (broad SMARTS) is 2. The van der Waals surface area contributed by atoms with Crippen molar-refractivity contribution in [2.45, 2.75) is 151 Å². The average Bonchev–Trinajstić information content (AvgIpc) is 0.826. The summed E-state index contributed by atoms with van der Waals surface area (Å²) < 4.78 is 34.5. The molecule has 0 atom stereocenters. The summed E-state index contributed by atoms with van der Waals surface area (Å²) in [5, 5.41) is 76.3. The number of nitrogens with two attached hydrogens (primary N) is 2. The number of hydrogen-bond acceptors (Lipinski definition) is 24. The van der Waals surface area contributed by atoms with E-state index < -0.39 is 21.8 Å². The summed E-state index contributed by atoms with van der Waals surface area (Å²) in [5.74, 6) is 0.0497. The Morgan fingerprint density at radius 2 is 0.634 bits per heavy atom. The molecule has 0 radical (unpaired) electrons. The molecule has 0 aliphatic carbocycles. The van der Waals surface area contributed by atoms with E-state index in [1.54, 1.807) is 48.5 Å². The lowest BCUT2D eigenvalue weighted by Gasteiger charge is -2.23. The van der Waals surface area contributed by atoms with Gasteiger partial charge in [0.1, 0.15) is 81.6 Å². The van der Waals surface area contributed by atoms with Crippen LogP contribution in [0.3, 0.4) is 0 Å². The van der Waals surface area contributed by atoms with Crippen LogP contribution in [0.25, 0.3) is 22.3 Å². The zero-order valence-corrected chi connectivity index (χ0v) is 70.8. The fraction of sp³-hybridized carbons (Fsp3) is 0.347. The zero-order valence-electron chi connectivity index (χ0n) is 70.8. The quantitative estimate of drug-likeness (QED) is 0.00904. The first kappa shape index (κ1) is 94.8. The second-order valence-corrected chi connectivity index (χ2v) is 28.9. The van der Waals surface area contributed by atoms with Crippen LogP contribution in [-0.4, -0.2) is 99.8 Å². The van der Waals surface area contributed by atoms with Gasteiger partial charge in [0.25, 0.3) is 11.4 Å². The van der Waals surface area contributed by atoms with Crippen molar-refractivity contribution >= 4 is 91.6 Å². The van der Waals surface area contributed by atoms with Crippen LogP contribution in [0.15, 0.2) is 235 Å². The highest BCUT2D eigenvalue weighted by atomic mass is 16.6. The highest BCUT2D eigenvalue weighted by molar-refractivity contribution is 5.93. The van der Waals surface area contributed by atoms with Gasteiger partial charge in [-0.2, -0.15) is 20.5 Å². The Bertz CT molecular complexity index is 4880. The van der Waals surface area contributed by atoms with Crippen molar-refractivity contribution in [2.75, 3.05) is 89.1 Å². The Morgan fingerprint density at radius 1 is 0.358 bits per heavy atom. The highest BCUT2D eigenvalue weighted by Crippen LogP contribution is 2.44. The van der Waals surface area contributed by atoms with E-state index in [4.69, 9.17) is 39.9 Å². The molecule has 10 rings (SSSR count). The van der Waals surface area contributed by atoms with Gasteiger partial charge in [0.05, 0.1) is 74.1 Å². The molecule has 0 unspecified atom stereocenters. The average molecular weight is 1680 g/mol. The monoisotopic (exact) mass is 1670 g/mol. The number of likely N-dealkylation sites (N-methyl/N-ethyl adjacent to an activating group) is 2. The van der Waals surface area contributed by atoms with E-state index in [0.29, 0.717) is 106 Å². The number of hydrogen-bond donors (Lipinski definition) is 4. The van der Waals surface area contributed by atoms with Crippen LogP contribution in [0.4, 0.5) is 79.6 Å². The van der Waals surface area contributed by atoms with Gasteiger partial charge in [-0.25, -0.2) is 9.59 Å². The SMILES string of the molecule is C.CCCCCCCCCCc1cc(-c2ccc(C(=O)O)c(OCCN(CC)c3ccc(N=Nc4cc(OC)c(N=Nc5ccc([N+](=O)[O-])cc5)cc4OC)cc3)c2)ccc1N.CCCCCCCCCCc1cc(-c2ccc(C(=O)O)c(OCCN(CC)c3ccc(N=Nc4cc(OC)c(N=Nc5ccc([N+](=O)[O-])cc5)cc4OC)cc3)c2)ccc1N. The summed E-state index contributed by atoms with van der Waals surface area (Å²) in [6.45, 7) is 11.5. The first-order chi connectivity index (χ1) is 59.3. The van der Waals surface area contributed by atoms with Gasteiger partial charge in [-0.05, 0) is 194 Å². The van der Waals surface area contributed by atoms with Crippen molar-refractivity contribution < 1.29 is 58.1 Å². The van der Waals surface area contributed by atoms with E-state index in [2.05, 4.69) is 76.7 Å². The number of benzene rings is 10. The van der Waals surface area contributed by atoms with Crippen LogP contribution in [0.5, 0.6) is 34.5 Å². The molecule has 0 fully saturated rings. The molecule has 0 aromatic heterocycles. The molecule has 648 valence electrons. The van der Waals surface area contributed by atoms with Crippen LogP contribution in [-0.2, 0) is 12.8 Å². The number of aryl methyl sites for hydroxylation is 2. The van der Waals surface area contributed by atoms with Crippen LogP contribution >= 0.6 is 0 Å². The van der Waals surface area contributed by atoms with Crippen LogP contribution in [0.1, 0.15) is 170 Å². The van der Waals surface area contributed by atoms with E-state index in [1.807, 2.05) is 98.8 Å². The number of nitrogen functional groups attached to an aromatic ring is 2. The number of anilines is 4. The number of ether oxygens (including phenoxy) is 6. The molecule has 0 saturated heterocycles. The van der Waals surface area contributed by atoms with Gasteiger partial charge in [-0.1, -0.05) is 135 Å². The van der Waals surface area contributed by atoms with Crippen LogP contribution in [0, 0.1) is 20.2 Å². The van der Waals surface area contributed by atoms with Crippen molar-refractivity contribution in [2.24, 2.45) is 40.9 Å². The number of non-ortho nitro benzene ring substituents is 2. The molecule has 0 bridgehead atoms. The van der Waals surface area contributed by atoms with Crippen molar-refractivity contribution in [1.29, 1.82) is 0 Å². The minimum Gasteiger partial charge on any atom is -0.494 e. The highest BCUT2D eigenvalue weighted by Gasteiger charge is 2.20. The molecule has 6 N–H and O–H groups in total. The predicted octanol–water partition coefficient (Wildman–Crippen LogP) is 26.6. The molecule has 10 aromatic carbocycles. The molecule has 0 amide bonds. The smallest absolute Gasteiger partial charge is 0.339 e. The van der Waals surface area contributed by atoms with Gasteiger partial charge in [-0.15, -0.1) is 20.5 Å². The van der Waals surface area contributed by atoms with Gasteiger partial charge in [0.15, 0.2) is 0 Å². The number of rotatable bonds is 48. The van der Waals surface area contributed by atoms with Crippen molar-refractivity contribution in [3.8, 4) is 56.8 Å². The molecule has 0 spiro atoms. The normalized spacial score (nSPS) is 11.2. The Balaban J connectivity index is 0.000000303. The number of nitro groups is 2. The van der Waals surface area contributed by atoms with E-state index >= 15 is 0 Å². The van der Waals surface area contributed by atoms with Gasteiger partial charge >= 0.3 is 11.9 Å². The molecule has 28 heteroatoms. The minimum absolute atomic E-state index is 0. The number of nitrogens with zero attached hydrogens (tertiary/aromatic N) is 12.